The third-order valence-corrected chi connectivity index (χ3v) is 5.18. The van der Waals surface area contributed by atoms with E-state index in [9.17, 15) is 4.79 Å². The largest absolute Gasteiger partial charge is 0.298 e. The van der Waals surface area contributed by atoms with Crippen LogP contribution in [0.3, 0.4) is 0 Å². The molecule has 26 heavy (non-hydrogen) atoms. The molecule has 4 rings (SSSR count). The first-order valence-electron chi connectivity index (χ1n) is 9.06. The zero-order valence-electron chi connectivity index (χ0n) is 15.2. The summed E-state index contributed by atoms with van der Waals surface area (Å²) < 4.78 is 1.78. The Balaban J connectivity index is 1.51. The monoisotopic (exact) mass is 349 g/mol. The predicted octanol–water partition coefficient (Wildman–Crippen LogP) is 2.63. The second-order valence-electron chi connectivity index (χ2n) is 7.23. The summed E-state index contributed by atoms with van der Waals surface area (Å²) in [5.41, 5.74) is 3.71. The van der Waals surface area contributed by atoms with Crippen LogP contribution in [0.2, 0.25) is 0 Å². The molecule has 0 unspecified atom stereocenters. The number of nitrogens with zero attached hydrogens (tertiary/aromatic N) is 5. The molecule has 0 atom stereocenters. The van der Waals surface area contributed by atoms with E-state index in [-0.39, 0.29) is 5.78 Å². The minimum absolute atomic E-state index is 0.191. The molecular weight excluding hydrogens is 326 g/mol. The van der Waals surface area contributed by atoms with Crippen molar-refractivity contribution < 1.29 is 4.79 Å². The van der Waals surface area contributed by atoms with Gasteiger partial charge in [0.05, 0.1) is 30.4 Å². The maximum atomic E-state index is 12.4. The van der Waals surface area contributed by atoms with Crippen LogP contribution in [0.15, 0.2) is 36.7 Å². The summed E-state index contributed by atoms with van der Waals surface area (Å²) in [5.74, 6) is 0.191. The van der Waals surface area contributed by atoms with E-state index in [1.54, 1.807) is 4.68 Å². The van der Waals surface area contributed by atoms with Crippen molar-refractivity contribution in [1.82, 2.24) is 24.9 Å². The fraction of sp³-hybridized carbons (Fsp3) is 0.400. The van der Waals surface area contributed by atoms with Gasteiger partial charge in [0.25, 0.3) is 0 Å². The maximum Gasteiger partial charge on any atom is 0.152 e. The number of likely N-dealkylation sites (N-methyl/N-ethyl adjacent to an activating group) is 1. The molecule has 0 aliphatic heterocycles. The number of fused-ring (bicyclic) bond motifs is 1. The van der Waals surface area contributed by atoms with Gasteiger partial charge in [-0.15, -0.1) is 0 Å². The topological polar surface area (TPSA) is 63.9 Å². The van der Waals surface area contributed by atoms with Gasteiger partial charge in [-0.05, 0) is 43.7 Å². The number of benzene rings is 1. The molecular formula is C20H23N5O. The third kappa shape index (κ3) is 3.51. The van der Waals surface area contributed by atoms with Crippen LogP contribution in [0.4, 0.5) is 0 Å². The van der Waals surface area contributed by atoms with E-state index in [2.05, 4.69) is 26.3 Å². The van der Waals surface area contributed by atoms with Crippen molar-refractivity contribution in [3.63, 3.8) is 0 Å². The van der Waals surface area contributed by atoms with E-state index in [1.165, 1.54) is 19.3 Å². The van der Waals surface area contributed by atoms with Gasteiger partial charge in [-0.2, -0.15) is 15.3 Å². The minimum atomic E-state index is 0.191. The fourth-order valence-electron chi connectivity index (χ4n) is 3.42. The lowest BCUT2D eigenvalue weighted by atomic mass is 9.91. The number of rotatable bonds is 6. The molecule has 0 amide bonds. The van der Waals surface area contributed by atoms with Crippen molar-refractivity contribution in [3.8, 4) is 11.1 Å². The normalized spacial score (nSPS) is 14.7. The molecule has 1 aliphatic carbocycles. The molecule has 0 N–H and O–H groups in total. The summed E-state index contributed by atoms with van der Waals surface area (Å²) in [6.07, 6.45) is 7.84. The van der Waals surface area contributed by atoms with Gasteiger partial charge >= 0.3 is 0 Å². The number of hydrogen-bond acceptors (Lipinski definition) is 5. The number of aromatic nitrogens is 4. The average Bonchev–Trinajstić information content (AvgIpc) is 2.98. The average molecular weight is 349 g/mol. The molecule has 0 radical (unpaired) electrons. The van der Waals surface area contributed by atoms with Crippen LogP contribution in [0.5, 0.6) is 0 Å². The molecule has 2 heterocycles. The van der Waals surface area contributed by atoms with E-state index >= 15 is 0 Å². The van der Waals surface area contributed by atoms with Gasteiger partial charge < -0.3 is 0 Å². The quantitative estimate of drug-likeness (QED) is 0.684. The first-order valence-corrected chi connectivity index (χ1v) is 9.06. The lowest BCUT2D eigenvalue weighted by molar-refractivity contribution is -0.120. The van der Waals surface area contributed by atoms with Gasteiger partial charge in [0.2, 0.25) is 0 Å². The molecule has 1 aromatic carbocycles. The molecule has 0 spiro atoms. The number of ketones is 1. The van der Waals surface area contributed by atoms with Crippen LogP contribution in [0.1, 0.15) is 25.0 Å². The van der Waals surface area contributed by atoms with Gasteiger partial charge in [-0.1, -0.05) is 12.5 Å². The second-order valence-corrected chi connectivity index (χ2v) is 7.23. The molecule has 0 bridgehead atoms. The molecule has 1 aliphatic rings. The molecule has 1 saturated carbocycles. The highest BCUT2D eigenvalue weighted by atomic mass is 16.1. The zero-order valence-corrected chi connectivity index (χ0v) is 15.2. The third-order valence-electron chi connectivity index (χ3n) is 5.18. The Bertz CT molecular complexity index is 944. The second kappa shape index (κ2) is 6.96. The van der Waals surface area contributed by atoms with E-state index in [1.807, 2.05) is 44.7 Å². The zero-order chi connectivity index (χ0) is 18.1. The molecule has 0 saturated heterocycles. The van der Waals surface area contributed by atoms with E-state index < -0.39 is 0 Å². The summed E-state index contributed by atoms with van der Waals surface area (Å²) in [5, 5.41) is 13.7. The molecule has 134 valence electrons. The summed E-state index contributed by atoms with van der Waals surface area (Å²) in [7, 11) is 3.94. The minimum Gasteiger partial charge on any atom is -0.298 e. The number of carbonyl (C=O) groups excluding carboxylic acids is 1. The molecule has 6 heteroatoms. The van der Waals surface area contributed by atoms with Crippen LogP contribution in [-0.4, -0.2) is 50.3 Å². The molecule has 6 nitrogen and oxygen atoms in total. The highest BCUT2D eigenvalue weighted by molar-refractivity contribution is 5.86. The van der Waals surface area contributed by atoms with Crippen molar-refractivity contribution in [2.75, 3.05) is 13.6 Å². The van der Waals surface area contributed by atoms with Crippen molar-refractivity contribution in [3.05, 3.63) is 42.4 Å². The Morgan fingerprint density at radius 1 is 1.23 bits per heavy atom. The Kier molecular flexibility index (Phi) is 4.51. The van der Waals surface area contributed by atoms with Crippen LogP contribution < -0.4 is 0 Å². The van der Waals surface area contributed by atoms with Crippen molar-refractivity contribution in [2.45, 2.75) is 31.7 Å². The van der Waals surface area contributed by atoms with Crippen molar-refractivity contribution in [2.24, 2.45) is 7.05 Å². The van der Waals surface area contributed by atoms with Crippen LogP contribution >= 0.6 is 0 Å². The predicted molar refractivity (Wildman–Crippen MR) is 101 cm³/mol. The number of carbonyl (C=O) groups is 1. The lowest BCUT2D eigenvalue weighted by Gasteiger charge is -2.34. The lowest BCUT2D eigenvalue weighted by Crippen LogP contribution is -2.40. The first-order chi connectivity index (χ1) is 12.6. The van der Waals surface area contributed by atoms with E-state index in [0.29, 0.717) is 19.0 Å². The molecule has 3 aromatic rings. The van der Waals surface area contributed by atoms with Gasteiger partial charge in [-0.3, -0.25) is 14.4 Å². The van der Waals surface area contributed by atoms with Crippen LogP contribution in [0, 0.1) is 0 Å². The van der Waals surface area contributed by atoms with Gasteiger partial charge in [-0.25, -0.2) is 0 Å². The summed E-state index contributed by atoms with van der Waals surface area (Å²) in [6, 6.07) is 8.61. The Labute approximate surface area is 152 Å². The molecule has 2 aromatic heterocycles. The van der Waals surface area contributed by atoms with Crippen molar-refractivity contribution in [1.29, 1.82) is 0 Å². The van der Waals surface area contributed by atoms with Gasteiger partial charge in [0.1, 0.15) is 0 Å². The highest BCUT2D eigenvalue weighted by Crippen LogP contribution is 2.24. The standard InChI is InChI=1S/C20H23N5O/c1-24(18-4-3-5-18)13-19(26)10-17-9-15-8-14(6-7-20(15)23-22-17)16-11-21-25(2)12-16/h6-9,11-12,18H,3-5,10,13H2,1-2H3. The first kappa shape index (κ1) is 16.8. The summed E-state index contributed by atoms with van der Waals surface area (Å²) in [4.78, 5) is 14.5. The number of Topliss-reactive ketones (excluding diaryl/α,β-unsaturated/α-hetero) is 1. The maximum absolute atomic E-state index is 12.4. The number of hydrogen-bond donors (Lipinski definition) is 0. The Morgan fingerprint density at radius 3 is 2.77 bits per heavy atom. The summed E-state index contributed by atoms with van der Waals surface area (Å²) >= 11 is 0. The van der Waals surface area contributed by atoms with Crippen LogP contribution in [-0.2, 0) is 18.3 Å². The fourth-order valence-corrected chi connectivity index (χ4v) is 3.42. The molecule has 1 fully saturated rings. The van der Waals surface area contributed by atoms with E-state index in [4.69, 9.17) is 0 Å². The smallest absolute Gasteiger partial charge is 0.152 e. The van der Waals surface area contributed by atoms with Crippen LogP contribution in [0.25, 0.3) is 22.0 Å². The Morgan fingerprint density at radius 2 is 2.08 bits per heavy atom. The van der Waals surface area contributed by atoms with Crippen molar-refractivity contribution >= 4 is 16.7 Å². The van der Waals surface area contributed by atoms with Gasteiger partial charge in [0.15, 0.2) is 5.78 Å². The number of aryl methyl sites for hydroxylation is 1. The van der Waals surface area contributed by atoms with E-state index in [0.717, 1.165) is 27.7 Å². The summed E-state index contributed by atoms with van der Waals surface area (Å²) in [6.45, 7) is 0.486. The van der Waals surface area contributed by atoms with Gasteiger partial charge in [0, 0.05) is 30.2 Å². The highest BCUT2D eigenvalue weighted by Gasteiger charge is 2.23. The Hall–Kier alpha value is -2.60. The SMILES string of the molecule is CN(CC(=O)Cc1cc2cc(-c3cnn(C)c3)ccc2nn1)C1CCC1.